The summed E-state index contributed by atoms with van der Waals surface area (Å²) >= 11 is 0. The highest BCUT2D eigenvalue weighted by molar-refractivity contribution is 5.96. The molecule has 0 amide bonds. The van der Waals surface area contributed by atoms with E-state index in [1.165, 1.54) is 33.0 Å². The quantitative estimate of drug-likeness (QED) is 0.773. The summed E-state index contributed by atoms with van der Waals surface area (Å²) in [7, 11) is 1.97. The summed E-state index contributed by atoms with van der Waals surface area (Å²) in [5, 5.41) is 5.63. The lowest BCUT2D eigenvalue weighted by Crippen LogP contribution is -2.05. The summed E-state index contributed by atoms with van der Waals surface area (Å²) in [5.74, 6) is 0. The number of rotatable bonds is 3. The molecule has 2 nitrogen and oxygen atoms in total. The van der Waals surface area contributed by atoms with Crippen molar-refractivity contribution in [1.29, 1.82) is 0 Å². The highest BCUT2D eigenvalue weighted by atomic mass is 14.8. The van der Waals surface area contributed by atoms with Crippen LogP contribution in [0.2, 0.25) is 0 Å². The average molecular weight is 262 g/mol. The molecule has 0 aliphatic carbocycles. The number of nitrogens with zero attached hydrogens (tertiary/aromatic N) is 1. The normalized spacial score (nSPS) is 10.9. The van der Waals surface area contributed by atoms with Crippen molar-refractivity contribution in [3.05, 3.63) is 66.0 Å². The molecule has 2 heteroatoms. The predicted octanol–water partition coefficient (Wildman–Crippen LogP) is 3.93. The molecule has 3 rings (SSSR count). The zero-order valence-corrected chi connectivity index (χ0v) is 11.9. The number of hydrogen-bond donors (Lipinski definition) is 1. The van der Waals surface area contributed by atoms with Crippen molar-refractivity contribution < 1.29 is 0 Å². The third-order valence-corrected chi connectivity index (χ3v) is 3.64. The molecule has 1 aromatic heterocycles. The molecule has 0 aliphatic heterocycles. The van der Waals surface area contributed by atoms with Crippen LogP contribution in [-0.4, -0.2) is 12.0 Å². The van der Waals surface area contributed by atoms with E-state index in [0.717, 1.165) is 6.54 Å². The first-order valence-electron chi connectivity index (χ1n) is 6.87. The van der Waals surface area contributed by atoms with Crippen LogP contribution in [0.4, 0.5) is 0 Å². The first kappa shape index (κ1) is 12.8. The summed E-state index contributed by atoms with van der Waals surface area (Å²) < 4.78 is 0. The maximum atomic E-state index is 4.20. The van der Waals surface area contributed by atoms with Gasteiger partial charge in [-0.25, -0.2) is 0 Å². The minimum Gasteiger partial charge on any atom is -0.316 e. The zero-order chi connectivity index (χ0) is 13.9. The number of nitrogens with one attached hydrogen (secondary N) is 1. The van der Waals surface area contributed by atoms with E-state index in [-0.39, 0.29) is 0 Å². The maximum Gasteiger partial charge on any atom is 0.0346 e. The molecular formula is C18H18N2. The molecule has 100 valence electrons. The van der Waals surface area contributed by atoms with Crippen molar-refractivity contribution in [3.8, 4) is 11.1 Å². The molecule has 0 radical (unpaired) electrons. The largest absolute Gasteiger partial charge is 0.316 e. The van der Waals surface area contributed by atoms with Gasteiger partial charge in [-0.15, -0.1) is 0 Å². The predicted molar refractivity (Wildman–Crippen MR) is 84.7 cm³/mol. The minimum absolute atomic E-state index is 0.903. The summed E-state index contributed by atoms with van der Waals surface area (Å²) in [6.45, 7) is 3.08. The molecule has 0 saturated heterocycles. The van der Waals surface area contributed by atoms with E-state index in [1.54, 1.807) is 0 Å². The van der Waals surface area contributed by atoms with Gasteiger partial charge in [-0.05, 0) is 47.7 Å². The van der Waals surface area contributed by atoms with Gasteiger partial charge in [-0.1, -0.05) is 36.4 Å². The number of hydrogen-bond acceptors (Lipinski definition) is 2. The molecule has 0 aliphatic rings. The van der Waals surface area contributed by atoms with Crippen LogP contribution in [0.25, 0.3) is 21.9 Å². The van der Waals surface area contributed by atoms with Crippen LogP contribution in [0.5, 0.6) is 0 Å². The van der Waals surface area contributed by atoms with E-state index in [4.69, 9.17) is 0 Å². The number of aromatic nitrogens is 1. The van der Waals surface area contributed by atoms with E-state index < -0.39 is 0 Å². The molecule has 0 atom stereocenters. The van der Waals surface area contributed by atoms with Crippen molar-refractivity contribution in [3.63, 3.8) is 0 Å². The van der Waals surface area contributed by atoms with E-state index in [1.807, 2.05) is 19.4 Å². The molecule has 1 N–H and O–H groups in total. The van der Waals surface area contributed by atoms with Gasteiger partial charge in [-0.3, -0.25) is 4.98 Å². The van der Waals surface area contributed by atoms with Gasteiger partial charge in [0.05, 0.1) is 0 Å². The molecule has 0 bridgehead atoms. The number of benzene rings is 2. The minimum atomic E-state index is 0.903. The van der Waals surface area contributed by atoms with Crippen LogP contribution in [0.3, 0.4) is 0 Å². The number of aryl methyl sites for hydroxylation is 1. The Morgan fingerprint density at radius 1 is 1.05 bits per heavy atom. The van der Waals surface area contributed by atoms with Crippen LogP contribution in [0.15, 0.2) is 54.9 Å². The van der Waals surface area contributed by atoms with Gasteiger partial charge in [0.25, 0.3) is 0 Å². The Morgan fingerprint density at radius 2 is 1.95 bits per heavy atom. The Labute approximate surface area is 119 Å². The zero-order valence-electron chi connectivity index (χ0n) is 11.9. The second-order valence-corrected chi connectivity index (χ2v) is 5.08. The van der Waals surface area contributed by atoms with E-state index in [2.05, 4.69) is 59.7 Å². The highest BCUT2D eigenvalue weighted by Crippen LogP contribution is 2.30. The molecule has 20 heavy (non-hydrogen) atoms. The fraction of sp³-hybridized carbons (Fsp3) is 0.167. The topological polar surface area (TPSA) is 24.9 Å². The lowest BCUT2D eigenvalue weighted by atomic mass is 9.95. The Kier molecular flexibility index (Phi) is 3.48. The summed E-state index contributed by atoms with van der Waals surface area (Å²) in [6, 6.07) is 15.1. The molecule has 1 heterocycles. The summed E-state index contributed by atoms with van der Waals surface area (Å²) in [5.41, 5.74) is 5.19. The SMILES string of the molecule is CNCc1ccc(-c2cccc3cnccc23)c(C)c1. The molecule has 2 aromatic carbocycles. The van der Waals surface area contributed by atoms with Gasteiger partial charge >= 0.3 is 0 Å². The Balaban J connectivity index is 2.16. The van der Waals surface area contributed by atoms with Crippen molar-refractivity contribution in [2.45, 2.75) is 13.5 Å². The van der Waals surface area contributed by atoms with Crippen LogP contribution in [0.1, 0.15) is 11.1 Å². The second kappa shape index (κ2) is 5.43. The molecule has 0 unspecified atom stereocenters. The van der Waals surface area contributed by atoms with Gasteiger partial charge < -0.3 is 5.32 Å². The first-order valence-corrected chi connectivity index (χ1v) is 6.87. The monoisotopic (exact) mass is 262 g/mol. The van der Waals surface area contributed by atoms with E-state index in [0.29, 0.717) is 0 Å². The van der Waals surface area contributed by atoms with Crippen molar-refractivity contribution in [2.75, 3.05) is 7.05 Å². The van der Waals surface area contributed by atoms with Gasteiger partial charge in [0, 0.05) is 24.3 Å². The third-order valence-electron chi connectivity index (χ3n) is 3.64. The fourth-order valence-electron chi connectivity index (χ4n) is 2.70. The van der Waals surface area contributed by atoms with E-state index >= 15 is 0 Å². The average Bonchev–Trinajstić information content (AvgIpc) is 2.47. The van der Waals surface area contributed by atoms with Gasteiger partial charge in [0.15, 0.2) is 0 Å². The fourth-order valence-corrected chi connectivity index (χ4v) is 2.70. The molecular weight excluding hydrogens is 244 g/mol. The van der Waals surface area contributed by atoms with Crippen molar-refractivity contribution >= 4 is 10.8 Å². The lowest BCUT2D eigenvalue weighted by Gasteiger charge is -2.11. The maximum absolute atomic E-state index is 4.20. The molecule has 0 spiro atoms. The highest BCUT2D eigenvalue weighted by Gasteiger charge is 2.06. The van der Waals surface area contributed by atoms with Gasteiger partial charge in [0.1, 0.15) is 0 Å². The number of pyridine rings is 1. The molecule has 3 aromatic rings. The van der Waals surface area contributed by atoms with Crippen LogP contribution in [-0.2, 0) is 6.54 Å². The Bertz CT molecular complexity index is 742. The second-order valence-electron chi connectivity index (χ2n) is 5.08. The first-order chi connectivity index (χ1) is 9.79. The Hall–Kier alpha value is -2.19. The van der Waals surface area contributed by atoms with Crippen LogP contribution in [0, 0.1) is 6.92 Å². The molecule has 0 saturated carbocycles. The van der Waals surface area contributed by atoms with Crippen LogP contribution >= 0.6 is 0 Å². The van der Waals surface area contributed by atoms with Crippen molar-refractivity contribution in [1.82, 2.24) is 10.3 Å². The smallest absolute Gasteiger partial charge is 0.0346 e. The Morgan fingerprint density at radius 3 is 2.75 bits per heavy atom. The van der Waals surface area contributed by atoms with Gasteiger partial charge in [-0.2, -0.15) is 0 Å². The van der Waals surface area contributed by atoms with Crippen LogP contribution < -0.4 is 5.32 Å². The van der Waals surface area contributed by atoms with Crippen molar-refractivity contribution in [2.24, 2.45) is 0 Å². The summed E-state index contributed by atoms with van der Waals surface area (Å²) in [4.78, 5) is 4.20. The lowest BCUT2D eigenvalue weighted by molar-refractivity contribution is 0.817. The third kappa shape index (κ3) is 2.30. The van der Waals surface area contributed by atoms with E-state index in [9.17, 15) is 0 Å². The van der Waals surface area contributed by atoms with Gasteiger partial charge in [0.2, 0.25) is 0 Å². The number of fused-ring (bicyclic) bond motifs is 1. The summed E-state index contributed by atoms with van der Waals surface area (Å²) in [6.07, 6.45) is 3.78. The molecule has 0 fully saturated rings. The standard InChI is InChI=1S/C18H18N2/c1-13-10-14(11-19-2)6-7-16(13)18-5-3-4-15-12-20-9-8-17(15)18/h3-10,12,19H,11H2,1-2H3.